The van der Waals surface area contributed by atoms with Gasteiger partial charge in [-0.25, -0.2) is 0 Å². The van der Waals surface area contributed by atoms with E-state index in [4.69, 9.17) is 13.9 Å². The number of ether oxygens (including phenoxy) is 2. The minimum Gasteiger partial charge on any atom is -0.492 e. The van der Waals surface area contributed by atoms with Gasteiger partial charge in [0.2, 0.25) is 11.2 Å². The molecule has 0 aliphatic rings. The molecule has 0 radical (unpaired) electrons. The Hall–Kier alpha value is -3.02. The Morgan fingerprint density at radius 2 is 1.69 bits per heavy atom. The van der Waals surface area contributed by atoms with Gasteiger partial charge in [-0.2, -0.15) is 0 Å². The first kappa shape index (κ1) is 17.8. The summed E-state index contributed by atoms with van der Waals surface area (Å²) < 4.78 is 16.8. The second-order valence-electron chi connectivity index (χ2n) is 5.77. The van der Waals surface area contributed by atoms with Crippen LogP contribution < -0.4 is 14.9 Å². The average molecular weight is 355 g/mol. The van der Waals surface area contributed by atoms with Gasteiger partial charge in [-0.05, 0) is 32.0 Å². The highest BCUT2D eigenvalue weighted by molar-refractivity contribution is 6.04. The fourth-order valence-electron chi connectivity index (χ4n) is 3.12. The number of fused-ring (bicyclic) bond motifs is 2. The van der Waals surface area contributed by atoms with E-state index >= 15 is 0 Å². The van der Waals surface area contributed by atoms with Crippen LogP contribution in [0.3, 0.4) is 0 Å². The van der Waals surface area contributed by atoms with Crippen molar-refractivity contribution in [2.75, 3.05) is 27.3 Å². The summed E-state index contributed by atoms with van der Waals surface area (Å²) in [6, 6.07) is 8.52. The van der Waals surface area contributed by atoms with E-state index in [9.17, 15) is 9.59 Å². The molecule has 1 heterocycles. The lowest BCUT2D eigenvalue weighted by atomic mass is 10.1. The van der Waals surface area contributed by atoms with Crippen LogP contribution in [0.25, 0.3) is 21.9 Å². The standard InChI is InChI=1S/C20H21NO5/c1-5-21(6-2)20(23)14-11-13-16(22)12-9-7-8-10-15(12)26-18(13)19(25-4)17(14)24-3/h7-11H,5-6H2,1-4H3. The zero-order valence-electron chi connectivity index (χ0n) is 15.3. The van der Waals surface area contributed by atoms with Crippen LogP contribution in [-0.2, 0) is 0 Å². The van der Waals surface area contributed by atoms with E-state index in [-0.39, 0.29) is 39.4 Å². The van der Waals surface area contributed by atoms with Crippen LogP contribution in [0.5, 0.6) is 11.5 Å². The van der Waals surface area contributed by atoms with Crippen molar-refractivity contribution in [2.24, 2.45) is 0 Å². The van der Waals surface area contributed by atoms with Crippen molar-refractivity contribution < 1.29 is 18.7 Å². The summed E-state index contributed by atoms with van der Waals surface area (Å²) in [5.41, 5.74) is 0.789. The van der Waals surface area contributed by atoms with Crippen LogP contribution in [0.4, 0.5) is 0 Å². The zero-order valence-corrected chi connectivity index (χ0v) is 15.3. The third-order valence-corrected chi connectivity index (χ3v) is 4.47. The maximum absolute atomic E-state index is 13.0. The number of amides is 1. The highest BCUT2D eigenvalue weighted by atomic mass is 16.5. The Morgan fingerprint density at radius 1 is 1.04 bits per heavy atom. The first-order valence-electron chi connectivity index (χ1n) is 8.47. The molecule has 2 aromatic carbocycles. The summed E-state index contributed by atoms with van der Waals surface area (Å²) in [5.74, 6) is 0.276. The quantitative estimate of drug-likeness (QED) is 0.656. The number of benzene rings is 2. The minimum atomic E-state index is -0.223. The van der Waals surface area contributed by atoms with E-state index in [1.54, 1.807) is 29.2 Å². The summed E-state index contributed by atoms with van der Waals surface area (Å²) >= 11 is 0. The fraction of sp³-hybridized carbons (Fsp3) is 0.300. The molecule has 0 saturated heterocycles. The highest BCUT2D eigenvalue weighted by Crippen LogP contribution is 2.39. The molecule has 136 valence electrons. The van der Waals surface area contributed by atoms with E-state index in [2.05, 4.69) is 0 Å². The summed E-state index contributed by atoms with van der Waals surface area (Å²) in [5, 5.41) is 0.741. The predicted molar refractivity (Wildman–Crippen MR) is 100 cm³/mol. The molecule has 0 saturated carbocycles. The lowest BCUT2D eigenvalue weighted by molar-refractivity contribution is 0.0769. The topological polar surface area (TPSA) is 69.0 Å². The highest BCUT2D eigenvalue weighted by Gasteiger charge is 2.26. The molecule has 1 aromatic heterocycles. The number of hydrogen-bond donors (Lipinski definition) is 0. The Balaban J connectivity index is 2.43. The Kier molecular flexibility index (Phi) is 4.84. The molecule has 6 heteroatoms. The first-order chi connectivity index (χ1) is 12.6. The van der Waals surface area contributed by atoms with Crippen molar-refractivity contribution in [2.45, 2.75) is 13.8 Å². The Bertz CT molecular complexity index is 1030. The van der Waals surface area contributed by atoms with Gasteiger partial charge in [0.15, 0.2) is 11.3 Å². The van der Waals surface area contributed by atoms with E-state index in [1.165, 1.54) is 20.3 Å². The molecule has 0 bridgehead atoms. The molecule has 6 nitrogen and oxygen atoms in total. The molecule has 3 aromatic rings. The lowest BCUT2D eigenvalue weighted by Gasteiger charge is -2.21. The number of hydrogen-bond acceptors (Lipinski definition) is 5. The van der Waals surface area contributed by atoms with Crippen molar-refractivity contribution in [1.29, 1.82) is 0 Å². The molecule has 0 atom stereocenters. The molecule has 0 unspecified atom stereocenters. The third-order valence-electron chi connectivity index (χ3n) is 4.47. The van der Waals surface area contributed by atoms with Gasteiger partial charge in [-0.3, -0.25) is 9.59 Å². The second kappa shape index (κ2) is 7.07. The Morgan fingerprint density at radius 3 is 2.31 bits per heavy atom. The van der Waals surface area contributed by atoms with Gasteiger partial charge in [0.05, 0.1) is 30.6 Å². The fourth-order valence-corrected chi connectivity index (χ4v) is 3.12. The molecule has 0 N–H and O–H groups in total. The minimum absolute atomic E-state index is 0.212. The first-order valence-corrected chi connectivity index (χ1v) is 8.47. The van der Waals surface area contributed by atoms with Gasteiger partial charge in [-0.1, -0.05) is 12.1 Å². The smallest absolute Gasteiger partial charge is 0.257 e. The molecule has 0 aliphatic carbocycles. The number of rotatable bonds is 5. The molecule has 26 heavy (non-hydrogen) atoms. The third kappa shape index (κ3) is 2.67. The van der Waals surface area contributed by atoms with Gasteiger partial charge in [0.25, 0.3) is 5.91 Å². The van der Waals surface area contributed by atoms with Crippen molar-refractivity contribution in [3.63, 3.8) is 0 Å². The monoisotopic (exact) mass is 355 g/mol. The van der Waals surface area contributed by atoms with Crippen LogP contribution in [0, 0.1) is 0 Å². The summed E-state index contributed by atoms with van der Waals surface area (Å²) in [7, 11) is 2.92. The number of nitrogens with zero attached hydrogens (tertiary/aromatic N) is 1. The van der Waals surface area contributed by atoms with Crippen LogP contribution in [-0.4, -0.2) is 38.1 Å². The molecule has 1 amide bonds. The second-order valence-corrected chi connectivity index (χ2v) is 5.77. The maximum Gasteiger partial charge on any atom is 0.257 e. The van der Waals surface area contributed by atoms with Gasteiger partial charge >= 0.3 is 0 Å². The van der Waals surface area contributed by atoms with Crippen molar-refractivity contribution in [3.8, 4) is 11.5 Å². The van der Waals surface area contributed by atoms with Crippen LogP contribution >= 0.6 is 0 Å². The summed E-state index contributed by atoms with van der Waals surface area (Å²) in [6.45, 7) is 4.89. The largest absolute Gasteiger partial charge is 0.492 e. The van der Waals surface area contributed by atoms with E-state index in [0.29, 0.717) is 24.1 Å². The molecule has 0 fully saturated rings. The van der Waals surface area contributed by atoms with Gasteiger partial charge in [-0.15, -0.1) is 0 Å². The van der Waals surface area contributed by atoms with E-state index < -0.39 is 0 Å². The van der Waals surface area contributed by atoms with E-state index in [0.717, 1.165) is 0 Å². The molecule has 3 rings (SSSR count). The Labute approximate surface area is 150 Å². The molecular weight excluding hydrogens is 334 g/mol. The average Bonchev–Trinajstić information content (AvgIpc) is 2.67. The normalized spacial score (nSPS) is 10.9. The van der Waals surface area contributed by atoms with Crippen LogP contribution in [0.1, 0.15) is 24.2 Å². The number of carbonyl (C=O) groups excluding carboxylic acids is 1. The van der Waals surface area contributed by atoms with Crippen LogP contribution in [0.2, 0.25) is 0 Å². The predicted octanol–water partition coefficient (Wildman–Crippen LogP) is 3.45. The molecular formula is C20H21NO5. The molecule has 0 spiro atoms. The van der Waals surface area contributed by atoms with Crippen molar-refractivity contribution in [3.05, 3.63) is 46.1 Å². The van der Waals surface area contributed by atoms with Crippen molar-refractivity contribution in [1.82, 2.24) is 4.90 Å². The maximum atomic E-state index is 13.0. The van der Waals surface area contributed by atoms with Gasteiger partial charge < -0.3 is 18.8 Å². The van der Waals surface area contributed by atoms with E-state index in [1.807, 2.05) is 13.8 Å². The van der Waals surface area contributed by atoms with Crippen LogP contribution in [0.15, 0.2) is 39.5 Å². The van der Waals surface area contributed by atoms with Gasteiger partial charge in [0, 0.05) is 13.1 Å². The van der Waals surface area contributed by atoms with Crippen molar-refractivity contribution >= 4 is 27.8 Å². The lowest BCUT2D eigenvalue weighted by Crippen LogP contribution is -2.31. The SMILES string of the molecule is CCN(CC)C(=O)c1cc2c(=O)c3ccccc3oc2c(OC)c1OC. The number of carbonyl (C=O) groups is 1. The number of methoxy groups -OCH3 is 2. The summed E-state index contributed by atoms with van der Waals surface area (Å²) in [4.78, 5) is 27.5. The zero-order chi connectivity index (χ0) is 18.8. The number of para-hydroxylation sites is 1. The molecule has 0 aliphatic heterocycles. The van der Waals surface area contributed by atoms with Gasteiger partial charge in [0.1, 0.15) is 5.58 Å². The summed E-state index contributed by atoms with van der Waals surface area (Å²) in [6.07, 6.45) is 0.